The van der Waals surface area contributed by atoms with E-state index in [1.807, 2.05) is 6.08 Å². The van der Waals surface area contributed by atoms with Crippen molar-refractivity contribution in [2.24, 2.45) is 0 Å². The third-order valence-electron chi connectivity index (χ3n) is 1.78. The molecule has 1 rings (SSSR count). The molecule has 0 aromatic rings. The average Bonchev–Trinajstić information content (AvgIpc) is 2.32. The van der Waals surface area contributed by atoms with Crippen molar-refractivity contribution in [3.8, 4) is 0 Å². The number of allylic oxidation sites excluding steroid dienone is 3. The summed E-state index contributed by atoms with van der Waals surface area (Å²) in [6.45, 7) is 3.51. The highest BCUT2D eigenvalue weighted by Crippen LogP contribution is 2.16. The van der Waals surface area contributed by atoms with Gasteiger partial charge in [0.2, 0.25) is 0 Å². The molecule has 1 aliphatic heterocycles. The van der Waals surface area contributed by atoms with Gasteiger partial charge in [0.25, 0.3) is 0 Å². The lowest BCUT2D eigenvalue weighted by Crippen LogP contribution is -2.14. The minimum absolute atomic E-state index is 0.194. The summed E-state index contributed by atoms with van der Waals surface area (Å²) in [6.07, 6.45) is 9.26. The number of hydrogen-bond donors (Lipinski definition) is 0. The summed E-state index contributed by atoms with van der Waals surface area (Å²) in [6, 6.07) is 0. The third-order valence-corrected chi connectivity index (χ3v) is 3.71. The van der Waals surface area contributed by atoms with Crippen LogP contribution in [0.5, 0.6) is 0 Å². The molecule has 3 heteroatoms. The smallest absolute Gasteiger partial charge is 0.160 e. The Morgan fingerprint density at radius 2 is 2.33 bits per heavy atom. The molecule has 0 aromatic heterocycles. The molecule has 0 fully saturated rings. The maximum absolute atomic E-state index is 11.2. The van der Waals surface area contributed by atoms with E-state index in [2.05, 4.69) is 6.58 Å². The van der Waals surface area contributed by atoms with E-state index in [1.165, 1.54) is 0 Å². The largest absolute Gasteiger partial charge is 0.228 e. The molecular formula is C9H12O2S. The zero-order valence-electron chi connectivity index (χ0n) is 6.81. The standard InChI is InChI=1S/C9H12O2S/c1-2-3-4-6-9-7-5-8-12(9,10)11/h2-5,7,9H,1,6,8H2/b4-3+. The number of hydrogen-bond acceptors (Lipinski definition) is 2. The predicted molar refractivity (Wildman–Crippen MR) is 50.7 cm³/mol. The van der Waals surface area contributed by atoms with E-state index < -0.39 is 9.84 Å². The molecule has 0 bridgehead atoms. The van der Waals surface area contributed by atoms with Crippen LogP contribution in [-0.4, -0.2) is 19.4 Å². The van der Waals surface area contributed by atoms with Crippen LogP contribution in [0.4, 0.5) is 0 Å². The van der Waals surface area contributed by atoms with Crippen molar-refractivity contribution in [1.29, 1.82) is 0 Å². The second kappa shape index (κ2) is 3.72. The summed E-state index contributed by atoms with van der Waals surface area (Å²) in [7, 11) is -2.86. The average molecular weight is 184 g/mol. The normalized spacial score (nSPS) is 26.5. The second-order valence-corrected chi connectivity index (χ2v) is 4.96. The van der Waals surface area contributed by atoms with Crippen LogP contribution >= 0.6 is 0 Å². The van der Waals surface area contributed by atoms with Gasteiger partial charge >= 0.3 is 0 Å². The van der Waals surface area contributed by atoms with Crippen LogP contribution in [-0.2, 0) is 9.84 Å². The van der Waals surface area contributed by atoms with Crippen LogP contribution in [0.25, 0.3) is 0 Å². The van der Waals surface area contributed by atoms with Gasteiger partial charge in [-0.2, -0.15) is 0 Å². The van der Waals surface area contributed by atoms with Gasteiger partial charge in [0.1, 0.15) is 0 Å². The van der Waals surface area contributed by atoms with Gasteiger partial charge in [-0.25, -0.2) is 8.42 Å². The quantitative estimate of drug-likeness (QED) is 0.491. The summed E-state index contributed by atoms with van der Waals surface area (Å²) in [5.41, 5.74) is 0. The topological polar surface area (TPSA) is 34.1 Å². The monoisotopic (exact) mass is 184 g/mol. The summed E-state index contributed by atoms with van der Waals surface area (Å²) < 4.78 is 22.5. The van der Waals surface area contributed by atoms with Crippen molar-refractivity contribution in [1.82, 2.24) is 0 Å². The fourth-order valence-corrected chi connectivity index (χ4v) is 2.50. The first-order valence-corrected chi connectivity index (χ1v) is 5.54. The SMILES string of the molecule is C=C/C=C/CC1C=CCS1(=O)=O. The van der Waals surface area contributed by atoms with Gasteiger partial charge in [-0.15, -0.1) is 0 Å². The Kier molecular flexibility index (Phi) is 2.87. The Morgan fingerprint density at radius 1 is 1.58 bits per heavy atom. The Bertz CT molecular complexity index is 309. The molecule has 66 valence electrons. The van der Waals surface area contributed by atoms with Crippen molar-refractivity contribution >= 4 is 9.84 Å². The number of rotatable bonds is 3. The molecule has 0 N–H and O–H groups in total. The molecule has 0 aliphatic carbocycles. The summed E-state index contributed by atoms with van der Waals surface area (Å²) in [5.74, 6) is 0.194. The van der Waals surface area contributed by atoms with E-state index in [-0.39, 0.29) is 11.0 Å². The van der Waals surface area contributed by atoms with Crippen molar-refractivity contribution in [3.63, 3.8) is 0 Å². The lowest BCUT2D eigenvalue weighted by Gasteiger charge is -2.02. The minimum Gasteiger partial charge on any atom is -0.228 e. The van der Waals surface area contributed by atoms with Crippen molar-refractivity contribution in [2.75, 3.05) is 5.75 Å². The molecular weight excluding hydrogens is 172 g/mol. The molecule has 2 nitrogen and oxygen atoms in total. The van der Waals surface area contributed by atoms with E-state index in [4.69, 9.17) is 0 Å². The minimum atomic E-state index is -2.86. The fourth-order valence-electron chi connectivity index (χ4n) is 1.12. The molecule has 12 heavy (non-hydrogen) atoms. The van der Waals surface area contributed by atoms with Gasteiger partial charge in [0.15, 0.2) is 9.84 Å². The van der Waals surface area contributed by atoms with Crippen LogP contribution in [0.3, 0.4) is 0 Å². The first kappa shape index (κ1) is 9.26. The molecule has 1 aliphatic rings. The molecule has 0 aromatic carbocycles. The molecule has 0 saturated carbocycles. The second-order valence-electron chi connectivity index (χ2n) is 2.70. The zero-order chi connectivity index (χ0) is 9.03. The molecule has 0 amide bonds. The fraction of sp³-hybridized carbons (Fsp3) is 0.333. The van der Waals surface area contributed by atoms with Gasteiger partial charge in [-0.05, 0) is 6.42 Å². The Morgan fingerprint density at radius 3 is 2.83 bits per heavy atom. The zero-order valence-corrected chi connectivity index (χ0v) is 7.63. The van der Waals surface area contributed by atoms with Gasteiger partial charge in [0.05, 0.1) is 11.0 Å². The van der Waals surface area contributed by atoms with E-state index in [9.17, 15) is 8.42 Å². The van der Waals surface area contributed by atoms with Crippen molar-refractivity contribution in [2.45, 2.75) is 11.7 Å². The molecule has 1 unspecified atom stereocenters. The molecule has 0 radical (unpaired) electrons. The van der Waals surface area contributed by atoms with Crippen LogP contribution in [0, 0.1) is 0 Å². The first-order valence-electron chi connectivity index (χ1n) is 3.82. The molecule has 1 atom stereocenters. The van der Waals surface area contributed by atoms with E-state index in [0.717, 1.165) is 0 Å². The highest BCUT2D eigenvalue weighted by molar-refractivity contribution is 7.92. The van der Waals surface area contributed by atoms with Gasteiger partial charge < -0.3 is 0 Å². The van der Waals surface area contributed by atoms with Crippen LogP contribution in [0.15, 0.2) is 37.0 Å². The van der Waals surface area contributed by atoms with Gasteiger partial charge in [-0.3, -0.25) is 0 Å². The Hall–Kier alpha value is -0.830. The Balaban J connectivity index is 2.59. The van der Waals surface area contributed by atoms with Gasteiger partial charge in [0, 0.05) is 0 Å². The summed E-state index contributed by atoms with van der Waals surface area (Å²) in [5, 5.41) is -0.311. The van der Waals surface area contributed by atoms with E-state index >= 15 is 0 Å². The van der Waals surface area contributed by atoms with Crippen LogP contribution < -0.4 is 0 Å². The highest BCUT2D eigenvalue weighted by Gasteiger charge is 2.24. The molecule has 0 saturated heterocycles. The molecule has 1 heterocycles. The number of sulfone groups is 1. The lowest BCUT2D eigenvalue weighted by atomic mass is 10.2. The van der Waals surface area contributed by atoms with Crippen LogP contribution in [0.1, 0.15) is 6.42 Å². The van der Waals surface area contributed by atoms with Crippen LogP contribution in [0.2, 0.25) is 0 Å². The van der Waals surface area contributed by atoms with Gasteiger partial charge in [-0.1, -0.05) is 37.0 Å². The van der Waals surface area contributed by atoms with Crippen molar-refractivity contribution in [3.05, 3.63) is 37.0 Å². The summed E-state index contributed by atoms with van der Waals surface area (Å²) >= 11 is 0. The predicted octanol–water partition coefficient (Wildman–Crippen LogP) is 1.47. The molecule has 0 spiro atoms. The highest BCUT2D eigenvalue weighted by atomic mass is 32.2. The van der Waals surface area contributed by atoms with Crippen molar-refractivity contribution < 1.29 is 8.42 Å². The third kappa shape index (κ3) is 2.08. The summed E-state index contributed by atoms with van der Waals surface area (Å²) in [4.78, 5) is 0. The van der Waals surface area contributed by atoms with E-state index in [1.54, 1.807) is 24.3 Å². The lowest BCUT2D eigenvalue weighted by molar-refractivity contribution is 0.594. The maximum atomic E-state index is 11.2. The van der Waals surface area contributed by atoms with E-state index in [0.29, 0.717) is 6.42 Å². The Labute approximate surface area is 73.2 Å². The maximum Gasteiger partial charge on any atom is 0.160 e. The first-order chi connectivity index (χ1) is 5.67.